The number of amides is 1. The average molecular weight is 343 g/mol. The van der Waals surface area contributed by atoms with E-state index in [-0.39, 0.29) is 5.91 Å². The lowest BCUT2D eigenvalue weighted by molar-refractivity contribution is 0.102. The second-order valence-electron chi connectivity index (χ2n) is 6.40. The molecular formula is C23H21NO2. The first kappa shape index (κ1) is 16.4. The van der Waals surface area contributed by atoms with Gasteiger partial charge in [-0.25, -0.2) is 0 Å². The summed E-state index contributed by atoms with van der Waals surface area (Å²) in [6.45, 7) is 4.24. The Morgan fingerprint density at radius 2 is 1.62 bits per heavy atom. The minimum Gasteiger partial charge on any atom is -0.456 e. The molecule has 3 heteroatoms. The Balaban J connectivity index is 1.96. The van der Waals surface area contributed by atoms with Crippen LogP contribution in [-0.4, -0.2) is 5.91 Å². The second-order valence-corrected chi connectivity index (χ2v) is 6.40. The van der Waals surface area contributed by atoms with Crippen LogP contribution in [0.1, 0.15) is 35.3 Å². The predicted octanol–water partition coefficient (Wildman–Crippen LogP) is 5.96. The lowest BCUT2D eigenvalue weighted by Gasteiger charge is -2.14. The van der Waals surface area contributed by atoms with Gasteiger partial charge in [-0.05, 0) is 42.2 Å². The number of carbonyl (C=O) groups excluding carboxylic acids is 1. The van der Waals surface area contributed by atoms with Crippen molar-refractivity contribution in [3.8, 4) is 0 Å². The smallest absolute Gasteiger partial charge is 0.255 e. The Morgan fingerprint density at radius 3 is 2.35 bits per heavy atom. The molecule has 0 radical (unpaired) electrons. The molecule has 1 aromatic heterocycles. The van der Waals surface area contributed by atoms with Gasteiger partial charge in [0.2, 0.25) is 0 Å². The molecule has 0 atom stereocenters. The monoisotopic (exact) mass is 343 g/mol. The molecule has 0 bridgehead atoms. The number of nitrogens with one attached hydrogen (secondary N) is 1. The topological polar surface area (TPSA) is 42.2 Å². The van der Waals surface area contributed by atoms with Gasteiger partial charge >= 0.3 is 0 Å². The summed E-state index contributed by atoms with van der Waals surface area (Å²) < 4.78 is 6.15. The highest BCUT2D eigenvalue weighted by atomic mass is 16.3. The lowest BCUT2D eigenvalue weighted by atomic mass is 9.98. The molecule has 0 aliphatic heterocycles. The summed E-state index contributed by atoms with van der Waals surface area (Å²) in [5.74, 6) is -0.101. The van der Waals surface area contributed by atoms with E-state index >= 15 is 0 Å². The van der Waals surface area contributed by atoms with E-state index in [1.165, 1.54) is 5.56 Å². The van der Waals surface area contributed by atoms with Gasteiger partial charge in [-0.2, -0.15) is 0 Å². The molecule has 1 heterocycles. The van der Waals surface area contributed by atoms with Crippen molar-refractivity contribution in [1.29, 1.82) is 0 Å². The standard InChI is InChI=1S/C23H21NO2/c1-3-15-14-16(4-2)22-20(18-12-8-9-13-19(18)26-22)21(15)24-23(25)17-10-6-5-7-11-17/h5-14H,3-4H2,1-2H3,(H,24,25). The van der Waals surface area contributed by atoms with Crippen LogP contribution in [0.15, 0.2) is 65.1 Å². The third-order valence-corrected chi connectivity index (χ3v) is 4.84. The molecule has 3 nitrogen and oxygen atoms in total. The fourth-order valence-corrected chi connectivity index (χ4v) is 3.49. The maximum Gasteiger partial charge on any atom is 0.255 e. The van der Waals surface area contributed by atoms with Crippen molar-refractivity contribution < 1.29 is 9.21 Å². The van der Waals surface area contributed by atoms with Crippen molar-refractivity contribution in [2.75, 3.05) is 5.32 Å². The SMILES string of the molecule is CCc1cc(CC)c2oc3ccccc3c2c1NC(=O)c1ccccc1. The summed E-state index contributed by atoms with van der Waals surface area (Å²) in [4.78, 5) is 12.8. The normalized spacial score (nSPS) is 11.2. The van der Waals surface area contributed by atoms with Gasteiger partial charge in [-0.15, -0.1) is 0 Å². The Labute approximate surface area is 152 Å². The highest BCUT2D eigenvalue weighted by molar-refractivity contribution is 6.17. The molecule has 0 spiro atoms. The van der Waals surface area contributed by atoms with Crippen molar-refractivity contribution in [3.05, 3.63) is 77.4 Å². The number of benzene rings is 3. The molecule has 0 saturated carbocycles. The number of hydrogen-bond acceptors (Lipinski definition) is 2. The first-order valence-electron chi connectivity index (χ1n) is 9.05. The molecule has 4 rings (SSSR count). The van der Waals surface area contributed by atoms with E-state index in [1.54, 1.807) is 0 Å². The number of aryl methyl sites for hydroxylation is 2. The van der Waals surface area contributed by atoms with E-state index in [2.05, 4.69) is 31.3 Å². The molecule has 4 aromatic rings. The molecule has 0 saturated heterocycles. The Bertz CT molecular complexity index is 1090. The zero-order valence-corrected chi connectivity index (χ0v) is 15.0. The largest absolute Gasteiger partial charge is 0.456 e. The van der Waals surface area contributed by atoms with Crippen LogP contribution >= 0.6 is 0 Å². The average Bonchev–Trinajstić information content (AvgIpc) is 3.08. The Kier molecular flexibility index (Phi) is 4.21. The fraction of sp³-hybridized carbons (Fsp3) is 0.174. The number of hydrogen-bond donors (Lipinski definition) is 1. The van der Waals surface area contributed by atoms with Gasteiger partial charge in [-0.1, -0.05) is 56.3 Å². The number of rotatable bonds is 4. The fourth-order valence-electron chi connectivity index (χ4n) is 3.49. The third-order valence-electron chi connectivity index (χ3n) is 4.84. The van der Waals surface area contributed by atoms with Gasteiger partial charge in [0.25, 0.3) is 5.91 Å². The van der Waals surface area contributed by atoms with Gasteiger partial charge in [0.1, 0.15) is 11.2 Å². The van der Waals surface area contributed by atoms with Crippen LogP contribution in [0, 0.1) is 0 Å². The maximum atomic E-state index is 12.8. The van der Waals surface area contributed by atoms with E-state index in [0.29, 0.717) is 5.56 Å². The third kappa shape index (κ3) is 2.66. The van der Waals surface area contributed by atoms with Gasteiger partial charge in [0.15, 0.2) is 0 Å². The Hall–Kier alpha value is -3.07. The summed E-state index contributed by atoms with van der Waals surface area (Å²) in [5.41, 5.74) is 5.53. The summed E-state index contributed by atoms with van der Waals surface area (Å²) in [7, 11) is 0. The van der Waals surface area contributed by atoms with Gasteiger partial charge < -0.3 is 9.73 Å². The van der Waals surface area contributed by atoms with Crippen LogP contribution in [0.4, 0.5) is 5.69 Å². The van der Waals surface area contributed by atoms with Gasteiger partial charge in [0, 0.05) is 10.9 Å². The number of anilines is 1. The van der Waals surface area contributed by atoms with Crippen molar-refractivity contribution in [1.82, 2.24) is 0 Å². The highest BCUT2D eigenvalue weighted by Crippen LogP contribution is 2.39. The van der Waals surface area contributed by atoms with E-state index in [0.717, 1.165) is 46.0 Å². The summed E-state index contributed by atoms with van der Waals surface area (Å²) >= 11 is 0. The van der Waals surface area contributed by atoms with Crippen LogP contribution in [-0.2, 0) is 12.8 Å². The quantitative estimate of drug-likeness (QED) is 0.496. The predicted molar refractivity (Wildman–Crippen MR) is 107 cm³/mol. The molecule has 0 aliphatic carbocycles. The second kappa shape index (κ2) is 6.68. The first-order valence-corrected chi connectivity index (χ1v) is 9.05. The van der Waals surface area contributed by atoms with Crippen molar-refractivity contribution in [3.63, 3.8) is 0 Å². The van der Waals surface area contributed by atoms with Crippen LogP contribution in [0.25, 0.3) is 21.9 Å². The Morgan fingerprint density at radius 1 is 0.923 bits per heavy atom. The summed E-state index contributed by atoms with van der Waals surface area (Å²) in [5, 5.41) is 5.19. The van der Waals surface area contributed by atoms with Gasteiger partial charge in [-0.3, -0.25) is 4.79 Å². The van der Waals surface area contributed by atoms with Crippen LogP contribution in [0.2, 0.25) is 0 Å². The number of furan rings is 1. The summed E-state index contributed by atoms with van der Waals surface area (Å²) in [6.07, 6.45) is 1.73. The van der Waals surface area contributed by atoms with Crippen LogP contribution < -0.4 is 5.32 Å². The van der Waals surface area contributed by atoms with Crippen LogP contribution in [0.3, 0.4) is 0 Å². The first-order chi connectivity index (χ1) is 12.7. The van der Waals surface area contributed by atoms with Crippen molar-refractivity contribution in [2.24, 2.45) is 0 Å². The minimum atomic E-state index is -0.101. The van der Waals surface area contributed by atoms with Crippen LogP contribution in [0.5, 0.6) is 0 Å². The van der Waals surface area contributed by atoms with Crippen molar-refractivity contribution in [2.45, 2.75) is 26.7 Å². The van der Waals surface area contributed by atoms with E-state index in [4.69, 9.17) is 4.42 Å². The van der Waals surface area contributed by atoms with E-state index in [9.17, 15) is 4.79 Å². The molecule has 3 aromatic carbocycles. The number of fused-ring (bicyclic) bond motifs is 3. The zero-order valence-electron chi connectivity index (χ0n) is 15.0. The zero-order chi connectivity index (χ0) is 18.1. The van der Waals surface area contributed by atoms with E-state index in [1.807, 2.05) is 48.5 Å². The minimum absolute atomic E-state index is 0.101. The molecule has 1 N–H and O–H groups in total. The molecule has 0 fully saturated rings. The molecule has 26 heavy (non-hydrogen) atoms. The molecule has 1 amide bonds. The molecule has 0 aliphatic rings. The van der Waals surface area contributed by atoms with E-state index < -0.39 is 0 Å². The highest BCUT2D eigenvalue weighted by Gasteiger charge is 2.19. The molecular weight excluding hydrogens is 322 g/mol. The lowest BCUT2D eigenvalue weighted by Crippen LogP contribution is -2.13. The number of carbonyl (C=O) groups is 1. The molecule has 0 unspecified atom stereocenters. The van der Waals surface area contributed by atoms with Gasteiger partial charge in [0.05, 0.1) is 11.1 Å². The maximum absolute atomic E-state index is 12.8. The molecule has 130 valence electrons. The van der Waals surface area contributed by atoms with Crippen molar-refractivity contribution >= 4 is 33.5 Å². The number of para-hydroxylation sites is 1. The summed E-state index contributed by atoms with van der Waals surface area (Å²) in [6, 6.07) is 19.5.